The van der Waals surface area contributed by atoms with E-state index in [4.69, 9.17) is 16.3 Å². The Kier molecular flexibility index (Phi) is 5.41. The maximum atomic E-state index is 11.8. The number of hydrogen-bond donors (Lipinski definition) is 1. The van der Waals surface area contributed by atoms with Crippen molar-refractivity contribution in [2.24, 2.45) is 0 Å². The minimum atomic E-state index is -0.157. The fourth-order valence-corrected chi connectivity index (χ4v) is 1.96. The molecule has 0 atom stereocenters. The van der Waals surface area contributed by atoms with Crippen molar-refractivity contribution in [1.29, 1.82) is 0 Å². The lowest BCUT2D eigenvalue weighted by molar-refractivity contribution is -0.116. The van der Waals surface area contributed by atoms with E-state index in [-0.39, 0.29) is 5.91 Å². The van der Waals surface area contributed by atoms with Gasteiger partial charge in [0.25, 0.3) is 0 Å². The van der Waals surface area contributed by atoms with Gasteiger partial charge in [0, 0.05) is 23.2 Å². The molecule has 0 spiro atoms. The molecule has 2 aromatic rings. The third-order valence-electron chi connectivity index (χ3n) is 2.94. The molecule has 0 fully saturated rings. The minimum Gasteiger partial charge on any atom is -0.496 e. The Morgan fingerprint density at radius 2 is 1.90 bits per heavy atom. The van der Waals surface area contributed by atoms with Gasteiger partial charge in [-0.1, -0.05) is 41.9 Å². The highest BCUT2D eigenvalue weighted by atomic mass is 35.5. The first-order valence-corrected chi connectivity index (χ1v) is 6.90. The molecule has 0 unspecified atom stereocenters. The first kappa shape index (κ1) is 15.1. The average molecular weight is 302 g/mol. The summed E-state index contributed by atoms with van der Waals surface area (Å²) in [7, 11) is 1.61. The fourth-order valence-electron chi connectivity index (χ4n) is 1.84. The monoisotopic (exact) mass is 301 g/mol. The Balaban J connectivity index is 1.91. The molecule has 108 valence electrons. The fraction of sp³-hybridized carbons (Fsp3) is 0.118. The minimum absolute atomic E-state index is 0.157. The lowest BCUT2D eigenvalue weighted by atomic mass is 10.2. The predicted molar refractivity (Wildman–Crippen MR) is 85.3 cm³/mol. The van der Waals surface area contributed by atoms with Crippen LogP contribution in [0.25, 0.3) is 6.08 Å². The van der Waals surface area contributed by atoms with E-state index in [1.807, 2.05) is 36.4 Å². The quantitative estimate of drug-likeness (QED) is 0.856. The molecule has 0 heterocycles. The van der Waals surface area contributed by atoms with Crippen LogP contribution >= 0.6 is 11.6 Å². The summed E-state index contributed by atoms with van der Waals surface area (Å²) >= 11 is 5.81. The SMILES string of the molecule is COc1ccccc1CNC(=O)C=Cc1ccc(Cl)cc1. The third kappa shape index (κ3) is 4.65. The Bertz CT molecular complexity index is 635. The smallest absolute Gasteiger partial charge is 0.244 e. The third-order valence-corrected chi connectivity index (χ3v) is 3.19. The van der Waals surface area contributed by atoms with E-state index < -0.39 is 0 Å². The first-order chi connectivity index (χ1) is 10.2. The Hall–Kier alpha value is -2.26. The van der Waals surface area contributed by atoms with Crippen LogP contribution in [-0.2, 0) is 11.3 Å². The number of rotatable bonds is 5. The van der Waals surface area contributed by atoms with Gasteiger partial charge in [-0.2, -0.15) is 0 Å². The molecule has 0 radical (unpaired) electrons. The lowest BCUT2D eigenvalue weighted by Crippen LogP contribution is -2.20. The summed E-state index contributed by atoms with van der Waals surface area (Å²) in [6.07, 6.45) is 3.24. The topological polar surface area (TPSA) is 38.3 Å². The molecular formula is C17H16ClNO2. The second-order valence-electron chi connectivity index (χ2n) is 4.41. The number of amides is 1. The van der Waals surface area contributed by atoms with E-state index in [1.54, 1.807) is 25.3 Å². The van der Waals surface area contributed by atoms with Crippen molar-refractivity contribution in [2.75, 3.05) is 7.11 Å². The molecule has 0 bridgehead atoms. The van der Waals surface area contributed by atoms with E-state index in [2.05, 4.69) is 5.32 Å². The van der Waals surface area contributed by atoms with Crippen molar-refractivity contribution >= 4 is 23.6 Å². The molecule has 2 rings (SSSR count). The predicted octanol–water partition coefficient (Wildman–Crippen LogP) is 3.68. The molecule has 1 amide bonds. The van der Waals surface area contributed by atoms with Crippen LogP contribution in [0.5, 0.6) is 5.75 Å². The van der Waals surface area contributed by atoms with Gasteiger partial charge >= 0.3 is 0 Å². The molecule has 0 saturated carbocycles. The summed E-state index contributed by atoms with van der Waals surface area (Å²) in [5.41, 5.74) is 1.86. The van der Waals surface area contributed by atoms with Crippen LogP contribution in [0, 0.1) is 0 Å². The summed E-state index contributed by atoms with van der Waals surface area (Å²) in [5, 5.41) is 3.50. The highest BCUT2D eigenvalue weighted by Gasteiger charge is 2.02. The Morgan fingerprint density at radius 3 is 2.62 bits per heavy atom. The molecule has 0 aliphatic rings. The second kappa shape index (κ2) is 7.50. The summed E-state index contributed by atoms with van der Waals surface area (Å²) in [5.74, 6) is 0.607. The van der Waals surface area contributed by atoms with Gasteiger partial charge in [-0.3, -0.25) is 4.79 Å². The van der Waals surface area contributed by atoms with E-state index in [0.29, 0.717) is 11.6 Å². The molecule has 0 saturated heterocycles. The van der Waals surface area contributed by atoms with Crippen LogP contribution in [0.3, 0.4) is 0 Å². The molecule has 1 N–H and O–H groups in total. The van der Waals surface area contributed by atoms with Crippen LogP contribution < -0.4 is 10.1 Å². The van der Waals surface area contributed by atoms with Gasteiger partial charge in [0.2, 0.25) is 5.91 Å². The van der Waals surface area contributed by atoms with E-state index in [0.717, 1.165) is 16.9 Å². The molecular weight excluding hydrogens is 286 g/mol. The average Bonchev–Trinajstić information content (AvgIpc) is 2.52. The number of carbonyl (C=O) groups is 1. The molecule has 0 aromatic heterocycles. The van der Waals surface area contributed by atoms with Crippen molar-refractivity contribution in [3.8, 4) is 5.75 Å². The van der Waals surface area contributed by atoms with Crippen LogP contribution in [0.2, 0.25) is 5.02 Å². The van der Waals surface area contributed by atoms with Crippen LogP contribution in [0.15, 0.2) is 54.6 Å². The molecule has 0 aliphatic carbocycles. The van der Waals surface area contributed by atoms with Gasteiger partial charge in [0.1, 0.15) is 5.75 Å². The van der Waals surface area contributed by atoms with Gasteiger partial charge in [-0.15, -0.1) is 0 Å². The maximum absolute atomic E-state index is 11.8. The van der Waals surface area contributed by atoms with E-state index >= 15 is 0 Å². The van der Waals surface area contributed by atoms with Crippen molar-refractivity contribution in [2.45, 2.75) is 6.54 Å². The largest absolute Gasteiger partial charge is 0.496 e. The van der Waals surface area contributed by atoms with Crippen LogP contribution in [0.1, 0.15) is 11.1 Å². The first-order valence-electron chi connectivity index (χ1n) is 6.52. The lowest BCUT2D eigenvalue weighted by Gasteiger charge is -2.08. The Labute approximate surface area is 129 Å². The molecule has 2 aromatic carbocycles. The van der Waals surface area contributed by atoms with Gasteiger partial charge < -0.3 is 10.1 Å². The van der Waals surface area contributed by atoms with Crippen molar-refractivity contribution in [3.63, 3.8) is 0 Å². The zero-order chi connectivity index (χ0) is 15.1. The zero-order valence-electron chi connectivity index (χ0n) is 11.7. The van der Waals surface area contributed by atoms with Crippen LogP contribution in [0.4, 0.5) is 0 Å². The molecule has 0 aliphatic heterocycles. The summed E-state index contributed by atoms with van der Waals surface area (Å²) in [4.78, 5) is 11.8. The summed E-state index contributed by atoms with van der Waals surface area (Å²) in [6.45, 7) is 0.424. The van der Waals surface area contributed by atoms with Gasteiger partial charge in [-0.25, -0.2) is 0 Å². The summed E-state index contributed by atoms with van der Waals surface area (Å²) < 4.78 is 5.24. The summed E-state index contributed by atoms with van der Waals surface area (Å²) in [6, 6.07) is 14.9. The number of nitrogens with one attached hydrogen (secondary N) is 1. The molecule has 21 heavy (non-hydrogen) atoms. The van der Waals surface area contributed by atoms with Gasteiger partial charge in [0.05, 0.1) is 7.11 Å². The number of benzene rings is 2. The number of para-hydroxylation sites is 1. The number of carbonyl (C=O) groups excluding carboxylic acids is 1. The van der Waals surface area contributed by atoms with Crippen molar-refractivity contribution in [1.82, 2.24) is 5.32 Å². The Morgan fingerprint density at radius 1 is 1.19 bits per heavy atom. The van der Waals surface area contributed by atoms with Crippen molar-refractivity contribution < 1.29 is 9.53 Å². The van der Waals surface area contributed by atoms with Crippen molar-refractivity contribution in [3.05, 3.63) is 70.8 Å². The van der Waals surface area contributed by atoms with Gasteiger partial charge in [0.15, 0.2) is 0 Å². The van der Waals surface area contributed by atoms with Crippen LogP contribution in [-0.4, -0.2) is 13.0 Å². The number of hydrogen-bond acceptors (Lipinski definition) is 2. The number of methoxy groups -OCH3 is 1. The molecule has 4 heteroatoms. The molecule has 3 nitrogen and oxygen atoms in total. The maximum Gasteiger partial charge on any atom is 0.244 e. The number of ether oxygens (including phenoxy) is 1. The van der Waals surface area contributed by atoms with Gasteiger partial charge in [-0.05, 0) is 29.8 Å². The zero-order valence-corrected chi connectivity index (χ0v) is 12.4. The highest BCUT2D eigenvalue weighted by Crippen LogP contribution is 2.16. The number of halogens is 1. The van der Waals surface area contributed by atoms with E-state index in [1.165, 1.54) is 6.08 Å². The standard InChI is InChI=1S/C17H16ClNO2/c1-21-16-5-3-2-4-14(16)12-19-17(20)11-8-13-6-9-15(18)10-7-13/h2-11H,12H2,1H3,(H,19,20). The van der Waals surface area contributed by atoms with E-state index in [9.17, 15) is 4.79 Å². The normalized spacial score (nSPS) is 10.6. The second-order valence-corrected chi connectivity index (χ2v) is 4.85. The highest BCUT2D eigenvalue weighted by molar-refractivity contribution is 6.30.